The maximum atomic E-state index is 11.2. The zero-order valence-electron chi connectivity index (χ0n) is 12.5. The highest BCUT2D eigenvalue weighted by atomic mass is 32.1. The third-order valence-electron chi connectivity index (χ3n) is 4.04. The summed E-state index contributed by atoms with van der Waals surface area (Å²) in [6.45, 7) is 1.67. The molecule has 2 N–H and O–H groups in total. The fraction of sp³-hybridized carbons (Fsp3) is 0.375. The molecule has 1 fully saturated rings. The van der Waals surface area contributed by atoms with E-state index in [2.05, 4.69) is 9.88 Å². The van der Waals surface area contributed by atoms with Crippen LogP contribution in [-0.2, 0) is 4.79 Å². The molecule has 1 aromatic carbocycles. The first kappa shape index (κ1) is 14.8. The average molecular weight is 317 g/mol. The summed E-state index contributed by atoms with van der Waals surface area (Å²) in [6, 6.07) is 7.98. The van der Waals surface area contributed by atoms with Gasteiger partial charge in [-0.15, -0.1) is 0 Å². The first-order chi connectivity index (χ1) is 10.7. The number of nitrogens with zero attached hydrogens (tertiary/aromatic N) is 2. The minimum atomic E-state index is -0.183. The molecule has 5 nitrogen and oxygen atoms in total. The number of methoxy groups -OCH3 is 1. The molecule has 1 aliphatic rings. The lowest BCUT2D eigenvalue weighted by Crippen LogP contribution is -2.38. The van der Waals surface area contributed by atoms with Gasteiger partial charge in [0, 0.05) is 25.2 Å². The van der Waals surface area contributed by atoms with Gasteiger partial charge in [-0.25, -0.2) is 4.98 Å². The molecule has 0 atom stereocenters. The van der Waals surface area contributed by atoms with E-state index in [4.69, 9.17) is 10.5 Å². The molecule has 2 heterocycles. The SMILES string of the molecule is COc1ccc(-c2cnc(N3CCC(C(N)=O)CC3)s2)cc1. The number of thiazole rings is 1. The lowest BCUT2D eigenvalue weighted by atomic mass is 9.97. The fourth-order valence-corrected chi connectivity index (χ4v) is 3.63. The molecule has 2 aromatic rings. The summed E-state index contributed by atoms with van der Waals surface area (Å²) < 4.78 is 5.18. The van der Waals surface area contributed by atoms with Crippen molar-refractivity contribution in [2.75, 3.05) is 25.1 Å². The predicted octanol–water partition coefficient (Wildman–Crippen LogP) is 2.52. The van der Waals surface area contributed by atoms with E-state index in [0.29, 0.717) is 0 Å². The predicted molar refractivity (Wildman–Crippen MR) is 88.2 cm³/mol. The monoisotopic (exact) mass is 317 g/mol. The molecule has 0 bridgehead atoms. The first-order valence-electron chi connectivity index (χ1n) is 7.32. The van der Waals surface area contributed by atoms with E-state index in [9.17, 15) is 4.79 Å². The highest BCUT2D eigenvalue weighted by Crippen LogP contribution is 2.33. The van der Waals surface area contributed by atoms with Crippen molar-refractivity contribution in [3.05, 3.63) is 30.5 Å². The molecule has 1 aliphatic heterocycles. The van der Waals surface area contributed by atoms with E-state index in [1.807, 2.05) is 30.5 Å². The van der Waals surface area contributed by atoms with Crippen molar-refractivity contribution in [3.8, 4) is 16.2 Å². The second-order valence-corrected chi connectivity index (χ2v) is 6.41. The molecule has 6 heteroatoms. The quantitative estimate of drug-likeness (QED) is 0.941. The molecule has 0 aliphatic carbocycles. The number of hydrogen-bond donors (Lipinski definition) is 1. The number of ether oxygens (including phenoxy) is 1. The van der Waals surface area contributed by atoms with Gasteiger partial charge in [-0.2, -0.15) is 0 Å². The van der Waals surface area contributed by atoms with Crippen molar-refractivity contribution < 1.29 is 9.53 Å². The number of carbonyl (C=O) groups excluding carboxylic acids is 1. The third-order valence-corrected chi connectivity index (χ3v) is 5.14. The van der Waals surface area contributed by atoms with Crippen molar-refractivity contribution in [1.82, 2.24) is 4.98 Å². The third kappa shape index (κ3) is 3.06. The van der Waals surface area contributed by atoms with E-state index in [-0.39, 0.29) is 11.8 Å². The van der Waals surface area contributed by atoms with Crippen LogP contribution in [0.3, 0.4) is 0 Å². The number of aromatic nitrogens is 1. The number of benzene rings is 1. The van der Waals surface area contributed by atoms with Crippen LogP contribution in [0.4, 0.5) is 5.13 Å². The smallest absolute Gasteiger partial charge is 0.220 e. The number of piperidine rings is 1. The number of anilines is 1. The summed E-state index contributed by atoms with van der Waals surface area (Å²) in [5.41, 5.74) is 6.51. The fourth-order valence-electron chi connectivity index (χ4n) is 2.66. The largest absolute Gasteiger partial charge is 0.497 e. The van der Waals surface area contributed by atoms with E-state index in [0.717, 1.165) is 47.3 Å². The van der Waals surface area contributed by atoms with Gasteiger partial charge in [-0.3, -0.25) is 4.79 Å². The van der Waals surface area contributed by atoms with Gasteiger partial charge in [0.1, 0.15) is 5.75 Å². The zero-order valence-corrected chi connectivity index (χ0v) is 13.3. The van der Waals surface area contributed by atoms with Gasteiger partial charge in [0.05, 0.1) is 12.0 Å². The van der Waals surface area contributed by atoms with Crippen LogP contribution >= 0.6 is 11.3 Å². The Labute approximate surface area is 133 Å². The van der Waals surface area contributed by atoms with Crippen molar-refractivity contribution in [2.24, 2.45) is 11.7 Å². The minimum Gasteiger partial charge on any atom is -0.497 e. The van der Waals surface area contributed by atoms with Gasteiger partial charge in [-0.05, 0) is 42.7 Å². The number of carbonyl (C=O) groups is 1. The van der Waals surface area contributed by atoms with Gasteiger partial charge in [-0.1, -0.05) is 11.3 Å². The second-order valence-electron chi connectivity index (χ2n) is 5.40. The van der Waals surface area contributed by atoms with Crippen LogP contribution in [0.2, 0.25) is 0 Å². The maximum absolute atomic E-state index is 11.2. The van der Waals surface area contributed by atoms with Crippen molar-refractivity contribution in [3.63, 3.8) is 0 Å². The minimum absolute atomic E-state index is 0.0114. The Bertz CT molecular complexity index is 646. The van der Waals surface area contributed by atoms with Gasteiger partial charge >= 0.3 is 0 Å². The molecular formula is C16H19N3O2S. The van der Waals surface area contributed by atoms with Gasteiger partial charge in [0.15, 0.2) is 5.13 Å². The number of nitrogens with two attached hydrogens (primary N) is 1. The summed E-state index contributed by atoms with van der Waals surface area (Å²) in [7, 11) is 1.66. The highest BCUT2D eigenvalue weighted by Gasteiger charge is 2.24. The second kappa shape index (κ2) is 6.36. The molecule has 0 unspecified atom stereocenters. The number of primary amides is 1. The molecule has 1 amide bonds. The molecular weight excluding hydrogens is 298 g/mol. The molecule has 116 valence electrons. The van der Waals surface area contributed by atoms with Crippen LogP contribution in [0.1, 0.15) is 12.8 Å². The number of hydrogen-bond acceptors (Lipinski definition) is 5. The van der Waals surface area contributed by atoms with Crippen LogP contribution < -0.4 is 15.4 Å². The normalized spacial score (nSPS) is 15.8. The van der Waals surface area contributed by atoms with Gasteiger partial charge < -0.3 is 15.4 Å². The lowest BCUT2D eigenvalue weighted by Gasteiger charge is -2.30. The van der Waals surface area contributed by atoms with E-state index >= 15 is 0 Å². The van der Waals surface area contributed by atoms with Crippen LogP contribution in [0.5, 0.6) is 5.75 Å². The molecule has 0 saturated carbocycles. The Morgan fingerprint density at radius 1 is 1.32 bits per heavy atom. The molecule has 1 saturated heterocycles. The molecule has 0 spiro atoms. The van der Waals surface area contributed by atoms with Gasteiger partial charge in [0.25, 0.3) is 0 Å². The van der Waals surface area contributed by atoms with Gasteiger partial charge in [0.2, 0.25) is 5.91 Å². The van der Waals surface area contributed by atoms with Crippen LogP contribution in [0.25, 0.3) is 10.4 Å². The summed E-state index contributed by atoms with van der Waals surface area (Å²) in [4.78, 5) is 19.1. The first-order valence-corrected chi connectivity index (χ1v) is 8.13. The summed E-state index contributed by atoms with van der Waals surface area (Å²) in [5, 5.41) is 1.01. The average Bonchev–Trinajstić information content (AvgIpc) is 3.05. The van der Waals surface area contributed by atoms with Crippen molar-refractivity contribution in [1.29, 1.82) is 0 Å². The summed E-state index contributed by atoms with van der Waals surface area (Å²) in [6.07, 6.45) is 3.53. The summed E-state index contributed by atoms with van der Waals surface area (Å²) in [5.74, 6) is 0.678. The molecule has 1 aromatic heterocycles. The molecule has 0 radical (unpaired) electrons. The zero-order chi connectivity index (χ0) is 15.5. The Hall–Kier alpha value is -2.08. The standard InChI is InChI=1S/C16H19N3O2S/c1-21-13-4-2-11(3-5-13)14-10-18-16(22-14)19-8-6-12(7-9-19)15(17)20/h2-5,10,12H,6-9H2,1H3,(H2,17,20). The molecule has 22 heavy (non-hydrogen) atoms. The number of rotatable bonds is 4. The van der Waals surface area contributed by atoms with Crippen molar-refractivity contribution >= 4 is 22.4 Å². The Morgan fingerprint density at radius 3 is 2.59 bits per heavy atom. The van der Waals surface area contributed by atoms with E-state index in [1.165, 1.54) is 0 Å². The topological polar surface area (TPSA) is 68.4 Å². The molecule has 3 rings (SSSR count). The van der Waals surface area contributed by atoms with Crippen LogP contribution in [0, 0.1) is 5.92 Å². The number of amides is 1. The Kier molecular flexibility index (Phi) is 4.29. The van der Waals surface area contributed by atoms with Crippen LogP contribution in [-0.4, -0.2) is 31.1 Å². The Morgan fingerprint density at radius 2 is 2.00 bits per heavy atom. The van der Waals surface area contributed by atoms with Crippen molar-refractivity contribution in [2.45, 2.75) is 12.8 Å². The Balaban J connectivity index is 1.70. The maximum Gasteiger partial charge on any atom is 0.220 e. The van der Waals surface area contributed by atoms with E-state index < -0.39 is 0 Å². The van der Waals surface area contributed by atoms with E-state index in [1.54, 1.807) is 18.4 Å². The van der Waals surface area contributed by atoms with Crippen LogP contribution in [0.15, 0.2) is 30.5 Å². The highest BCUT2D eigenvalue weighted by molar-refractivity contribution is 7.18. The summed E-state index contributed by atoms with van der Waals surface area (Å²) >= 11 is 1.67. The lowest BCUT2D eigenvalue weighted by molar-refractivity contribution is -0.122.